The minimum absolute atomic E-state index is 0.0340. The second-order valence-electron chi connectivity index (χ2n) is 7.94. The molecule has 7 heteroatoms. The van der Waals surface area contributed by atoms with Crippen LogP contribution in [-0.4, -0.2) is 34.6 Å². The summed E-state index contributed by atoms with van der Waals surface area (Å²) < 4.78 is 16.2. The number of anilines is 1. The van der Waals surface area contributed by atoms with E-state index in [0.717, 1.165) is 31.0 Å². The lowest BCUT2D eigenvalue weighted by molar-refractivity contribution is 0.0694. The number of hydrogen-bond donors (Lipinski definition) is 2. The van der Waals surface area contributed by atoms with Crippen LogP contribution in [0, 0.1) is 18.7 Å². The van der Waals surface area contributed by atoms with Gasteiger partial charge in [-0.3, -0.25) is 9.20 Å². The molecule has 2 aromatic rings. The lowest BCUT2D eigenvalue weighted by Crippen LogP contribution is -2.48. The van der Waals surface area contributed by atoms with E-state index in [0.29, 0.717) is 35.8 Å². The molecule has 3 heterocycles. The van der Waals surface area contributed by atoms with Crippen molar-refractivity contribution in [3.05, 3.63) is 45.1 Å². The van der Waals surface area contributed by atoms with Crippen molar-refractivity contribution in [2.24, 2.45) is 11.7 Å². The average molecular weight is 373 g/mol. The largest absolute Gasteiger partial charge is 0.477 e. The second kappa shape index (κ2) is 6.34. The Labute approximate surface area is 156 Å². The number of nitrogens with zero attached hydrogens (tertiary/aromatic N) is 2. The number of carbonyl (C=O) groups is 1. The van der Waals surface area contributed by atoms with Crippen LogP contribution in [0.2, 0.25) is 0 Å². The van der Waals surface area contributed by atoms with Crippen LogP contribution in [0.25, 0.3) is 5.52 Å². The third kappa shape index (κ3) is 2.90. The normalized spacial score (nSPS) is 23.0. The van der Waals surface area contributed by atoms with Gasteiger partial charge in [0.2, 0.25) is 0 Å². The highest BCUT2D eigenvalue weighted by Gasteiger charge is 2.32. The van der Waals surface area contributed by atoms with Gasteiger partial charge < -0.3 is 15.7 Å². The van der Waals surface area contributed by atoms with E-state index in [9.17, 15) is 14.7 Å². The number of pyridine rings is 2. The molecule has 2 aromatic heterocycles. The maximum atomic E-state index is 15.1. The van der Waals surface area contributed by atoms with E-state index in [4.69, 9.17) is 5.73 Å². The van der Waals surface area contributed by atoms with E-state index in [1.807, 2.05) is 11.8 Å². The average Bonchev–Trinajstić information content (AvgIpc) is 3.43. The third-order valence-corrected chi connectivity index (χ3v) is 6.02. The van der Waals surface area contributed by atoms with E-state index in [1.54, 1.807) is 0 Å². The van der Waals surface area contributed by atoms with Crippen LogP contribution in [-0.2, 0) is 0 Å². The summed E-state index contributed by atoms with van der Waals surface area (Å²) in [6, 6.07) is 1.45. The fourth-order valence-electron chi connectivity index (χ4n) is 4.19. The molecule has 2 aliphatic rings. The van der Waals surface area contributed by atoms with Crippen molar-refractivity contribution in [3.8, 4) is 0 Å². The first kappa shape index (κ1) is 18.0. The summed E-state index contributed by atoms with van der Waals surface area (Å²) in [4.78, 5) is 26.1. The van der Waals surface area contributed by atoms with E-state index >= 15 is 4.39 Å². The van der Waals surface area contributed by atoms with E-state index in [-0.39, 0.29) is 17.5 Å². The number of aromatic carboxylic acids is 1. The van der Waals surface area contributed by atoms with Gasteiger partial charge in [0.1, 0.15) is 5.56 Å². The van der Waals surface area contributed by atoms with Crippen molar-refractivity contribution in [3.63, 3.8) is 0 Å². The number of carboxylic acids is 1. The van der Waals surface area contributed by atoms with Crippen LogP contribution in [0.3, 0.4) is 0 Å². The smallest absolute Gasteiger partial charge is 0.341 e. The topological polar surface area (TPSA) is 88.0 Å². The van der Waals surface area contributed by atoms with Crippen LogP contribution in [0.1, 0.15) is 53.6 Å². The first-order valence-electron chi connectivity index (χ1n) is 9.41. The van der Waals surface area contributed by atoms with Gasteiger partial charge in [0, 0.05) is 19.1 Å². The van der Waals surface area contributed by atoms with Crippen molar-refractivity contribution < 1.29 is 14.3 Å². The number of carboxylic acid groups (broad SMARTS) is 1. The zero-order valence-electron chi connectivity index (χ0n) is 15.5. The molecule has 6 nitrogen and oxygen atoms in total. The highest BCUT2D eigenvalue weighted by atomic mass is 19.1. The first-order chi connectivity index (χ1) is 12.8. The molecule has 0 spiro atoms. The standard InChI is InChI=1S/C20H24FN3O3/c1-10-5-6-23(9-16(10)22)18-11(2)17-13(12-3-4-12)7-14(20(26)27)19(25)24(17)8-15(18)21/h7-8,10,12,16H,3-6,9,22H2,1-2H3,(H,26,27)/t10-,16-/m0/s1. The summed E-state index contributed by atoms with van der Waals surface area (Å²) in [7, 11) is 0. The highest BCUT2D eigenvalue weighted by Crippen LogP contribution is 2.44. The lowest BCUT2D eigenvalue weighted by Gasteiger charge is -2.37. The number of rotatable bonds is 3. The number of aryl methyl sites for hydroxylation is 1. The molecule has 0 radical (unpaired) electrons. The Morgan fingerprint density at radius 3 is 2.63 bits per heavy atom. The quantitative estimate of drug-likeness (QED) is 0.863. The van der Waals surface area contributed by atoms with Gasteiger partial charge in [-0.25, -0.2) is 9.18 Å². The summed E-state index contributed by atoms with van der Waals surface area (Å²) in [5.74, 6) is -1.20. The minimum Gasteiger partial charge on any atom is -0.477 e. The molecule has 0 bridgehead atoms. The number of hydrogen-bond acceptors (Lipinski definition) is 4. The van der Waals surface area contributed by atoms with Crippen molar-refractivity contribution in [1.82, 2.24) is 4.40 Å². The predicted octanol–water partition coefficient (Wildman–Crippen LogP) is 2.50. The molecule has 1 saturated heterocycles. The van der Waals surface area contributed by atoms with E-state index in [1.165, 1.54) is 10.5 Å². The molecule has 27 heavy (non-hydrogen) atoms. The zero-order chi connectivity index (χ0) is 19.5. The molecule has 1 aliphatic heterocycles. The highest BCUT2D eigenvalue weighted by molar-refractivity contribution is 5.89. The Bertz CT molecular complexity index is 996. The molecule has 4 rings (SSSR count). The third-order valence-electron chi connectivity index (χ3n) is 6.02. The zero-order valence-corrected chi connectivity index (χ0v) is 15.5. The van der Waals surface area contributed by atoms with Gasteiger partial charge in [-0.1, -0.05) is 6.92 Å². The molecule has 144 valence electrons. The second-order valence-corrected chi connectivity index (χ2v) is 7.94. The fourth-order valence-corrected chi connectivity index (χ4v) is 4.19. The Balaban J connectivity index is 1.96. The molecule has 2 atom stereocenters. The Hall–Kier alpha value is -2.41. The monoisotopic (exact) mass is 373 g/mol. The number of halogens is 1. The number of nitrogens with two attached hydrogens (primary N) is 1. The van der Waals surface area contributed by atoms with Crippen molar-refractivity contribution in [2.75, 3.05) is 18.0 Å². The van der Waals surface area contributed by atoms with E-state index in [2.05, 4.69) is 6.92 Å². The van der Waals surface area contributed by atoms with Crippen LogP contribution >= 0.6 is 0 Å². The van der Waals surface area contributed by atoms with Crippen LogP contribution in [0.5, 0.6) is 0 Å². The number of aromatic nitrogens is 1. The lowest BCUT2D eigenvalue weighted by atomic mass is 9.93. The molecule has 1 saturated carbocycles. The van der Waals surface area contributed by atoms with Gasteiger partial charge in [0.05, 0.1) is 17.4 Å². The summed E-state index contributed by atoms with van der Waals surface area (Å²) in [6.45, 7) is 5.18. The number of piperidine rings is 1. The van der Waals surface area contributed by atoms with Crippen molar-refractivity contribution >= 4 is 17.2 Å². The van der Waals surface area contributed by atoms with Gasteiger partial charge >= 0.3 is 5.97 Å². The Morgan fingerprint density at radius 2 is 2.04 bits per heavy atom. The minimum atomic E-state index is -1.28. The summed E-state index contributed by atoms with van der Waals surface area (Å²) >= 11 is 0. The van der Waals surface area contributed by atoms with Gasteiger partial charge in [-0.05, 0) is 55.2 Å². The molecular formula is C20H24FN3O3. The van der Waals surface area contributed by atoms with Crippen molar-refractivity contribution in [2.45, 2.75) is 45.1 Å². The van der Waals surface area contributed by atoms with E-state index < -0.39 is 17.3 Å². The molecule has 1 aliphatic carbocycles. The molecule has 2 fully saturated rings. The predicted molar refractivity (Wildman–Crippen MR) is 101 cm³/mol. The Kier molecular flexibility index (Phi) is 4.22. The summed E-state index contributed by atoms with van der Waals surface area (Å²) in [5.41, 5.74) is 7.80. The van der Waals surface area contributed by atoms with Crippen LogP contribution in [0.15, 0.2) is 17.1 Å². The van der Waals surface area contributed by atoms with Gasteiger partial charge in [0.15, 0.2) is 5.82 Å². The maximum absolute atomic E-state index is 15.1. The SMILES string of the molecule is Cc1c(N2CC[C@H](C)[C@@H](N)C2)c(F)cn2c(=O)c(C(=O)O)cc(C3CC3)c12. The van der Waals surface area contributed by atoms with Crippen LogP contribution < -0.4 is 16.2 Å². The summed E-state index contributed by atoms with van der Waals surface area (Å²) in [5, 5.41) is 9.37. The molecule has 3 N–H and O–H groups in total. The molecule has 0 amide bonds. The van der Waals surface area contributed by atoms with Gasteiger partial charge in [-0.15, -0.1) is 0 Å². The maximum Gasteiger partial charge on any atom is 0.341 e. The summed E-state index contributed by atoms with van der Waals surface area (Å²) in [6.07, 6.45) is 3.92. The molecule has 0 unspecified atom stereocenters. The molecular weight excluding hydrogens is 349 g/mol. The Morgan fingerprint density at radius 1 is 1.33 bits per heavy atom. The van der Waals surface area contributed by atoms with Gasteiger partial charge in [-0.2, -0.15) is 0 Å². The van der Waals surface area contributed by atoms with Crippen molar-refractivity contribution in [1.29, 1.82) is 0 Å². The van der Waals surface area contributed by atoms with Crippen LogP contribution in [0.4, 0.5) is 10.1 Å². The van der Waals surface area contributed by atoms with Gasteiger partial charge in [0.25, 0.3) is 5.56 Å². The number of fused-ring (bicyclic) bond motifs is 1. The molecule has 0 aromatic carbocycles. The fraction of sp³-hybridized carbons (Fsp3) is 0.500. The first-order valence-corrected chi connectivity index (χ1v) is 9.41.